The van der Waals surface area contributed by atoms with Crippen LogP contribution in [0.15, 0.2) is 42.7 Å². The molecule has 0 spiro atoms. The SMILES string of the molecule is Cc1nccn1-c1ccc(N2CCN(C(=O)c3cc([N+](=O)[O-])cc([N+](=O)[O-])c3)CC2)nn1. The molecule has 0 radical (unpaired) electrons. The number of benzene rings is 1. The minimum absolute atomic E-state index is 0.0841. The molecule has 0 saturated carbocycles. The predicted molar refractivity (Wildman–Crippen MR) is 112 cm³/mol. The minimum atomic E-state index is -0.755. The molecule has 32 heavy (non-hydrogen) atoms. The minimum Gasteiger partial charge on any atom is -0.352 e. The standard InChI is InChI=1S/C19H18N8O5/c1-13-20-4-5-25(13)18-3-2-17(21-22-18)23-6-8-24(9-7-23)19(28)14-10-15(26(29)30)12-16(11-14)27(31)32/h2-5,10-12H,6-9H2,1H3. The van der Waals surface area contributed by atoms with Gasteiger partial charge in [-0.2, -0.15) is 0 Å². The van der Waals surface area contributed by atoms with Gasteiger partial charge in [-0.3, -0.25) is 29.6 Å². The van der Waals surface area contributed by atoms with Gasteiger partial charge in [-0.15, -0.1) is 10.2 Å². The Labute approximate surface area is 181 Å². The van der Waals surface area contributed by atoms with Gasteiger partial charge in [-0.25, -0.2) is 4.98 Å². The van der Waals surface area contributed by atoms with Gasteiger partial charge in [-0.05, 0) is 19.1 Å². The van der Waals surface area contributed by atoms with Crippen LogP contribution < -0.4 is 4.90 Å². The zero-order chi connectivity index (χ0) is 22.8. The van der Waals surface area contributed by atoms with Crippen LogP contribution in [0.3, 0.4) is 0 Å². The van der Waals surface area contributed by atoms with Crippen LogP contribution in [-0.4, -0.2) is 66.6 Å². The second-order valence-corrected chi connectivity index (χ2v) is 7.13. The summed E-state index contributed by atoms with van der Waals surface area (Å²) in [7, 11) is 0. The zero-order valence-electron chi connectivity index (χ0n) is 17.0. The van der Waals surface area contributed by atoms with E-state index in [9.17, 15) is 25.0 Å². The van der Waals surface area contributed by atoms with Crippen molar-refractivity contribution in [2.24, 2.45) is 0 Å². The van der Waals surface area contributed by atoms with E-state index in [2.05, 4.69) is 15.2 Å². The lowest BCUT2D eigenvalue weighted by molar-refractivity contribution is -0.394. The number of nitro groups is 2. The lowest BCUT2D eigenvalue weighted by Gasteiger charge is -2.35. The van der Waals surface area contributed by atoms with Gasteiger partial charge in [-0.1, -0.05) is 0 Å². The van der Waals surface area contributed by atoms with Crippen molar-refractivity contribution in [3.8, 4) is 5.82 Å². The normalized spacial score (nSPS) is 13.8. The number of piperazine rings is 1. The molecule has 1 aromatic carbocycles. The largest absolute Gasteiger partial charge is 0.352 e. The third-order valence-electron chi connectivity index (χ3n) is 5.17. The van der Waals surface area contributed by atoms with Crippen molar-refractivity contribution in [2.45, 2.75) is 6.92 Å². The van der Waals surface area contributed by atoms with Gasteiger partial charge in [0.2, 0.25) is 0 Å². The van der Waals surface area contributed by atoms with Crippen LogP contribution in [0, 0.1) is 27.2 Å². The Morgan fingerprint density at radius 2 is 1.53 bits per heavy atom. The highest BCUT2D eigenvalue weighted by atomic mass is 16.6. The number of carbonyl (C=O) groups excluding carboxylic acids is 1. The number of nitrogens with zero attached hydrogens (tertiary/aromatic N) is 8. The molecule has 4 rings (SSSR count). The van der Waals surface area contributed by atoms with Gasteiger partial charge in [0.05, 0.1) is 21.5 Å². The number of hydrogen-bond acceptors (Lipinski definition) is 9. The van der Waals surface area contributed by atoms with Gasteiger partial charge in [0.1, 0.15) is 5.82 Å². The molecule has 1 fully saturated rings. The van der Waals surface area contributed by atoms with E-state index in [1.165, 1.54) is 4.90 Å². The zero-order valence-corrected chi connectivity index (χ0v) is 17.0. The van der Waals surface area contributed by atoms with E-state index in [0.29, 0.717) is 37.8 Å². The molecule has 2 aromatic heterocycles. The first kappa shape index (κ1) is 20.8. The van der Waals surface area contributed by atoms with E-state index in [4.69, 9.17) is 0 Å². The van der Waals surface area contributed by atoms with E-state index in [1.54, 1.807) is 12.4 Å². The van der Waals surface area contributed by atoms with Gasteiger partial charge in [0, 0.05) is 50.7 Å². The highest BCUT2D eigenvalue weighted by molar-refractivity contribution is 5.95. The molecule has 3 aromatic rings. The average Bonchev–Trinajstić information content (AvgIpc) is 3.24. The van der Waals surface area contributed by atoms with Crippen LogP contribution in [0.2, 0.25) is 0 Å². The summed E-state index contributed by atoms with van der Waals surface area (Å²) in [5, 5.41) is 30.7. The summed E-state index contributed by atoms with van der Waals surface area (Å²) in [6.07, 6.45) is 3.47. The second kappa shape index (κ2) is 8.37. The summed E-state index contributed by atoms with van der Waals surface area (Å²) in [4.78, 5) is 41.1. The molecule has 1 aliphatic heterocycles. The smallest absolute Gasteiger partial charge is 0.277 e. The number of carbonyl (C=O) groups is 1. The molecule has 0 unspecified atom stereocenters. The molecule has 13 heteroatoms. The van der Waals surface area contributed by atoms with Crippen molar-refractivity contribution in [1.82, 2.24) is 24.6 Å². The van der Waals surface area contributed by atoms with Gasteiger partial charge in [0.15, 0.2) is 11.6 Å². The number of non-ortho nitro benzene ring substituents is 2. The summed E-state index contributed by atoms with van der Waals surface area (Å²) in [5.74, 6) is 1.60. The molecule has 0 atom stereocenters. The molecule has 13 nitrogen and oxygen atoms in total. The Morgan fingerprint density at radius 1 is 0.938 bits per heavy atom. The molecule has 1 aliphatic rings. The topological polar surface area (TPSA) is 153 Å². The van der Waals surface area contributed by atoms with E-state index in [0.717, 1.165) is 24.0 Å². The summed E-state index contributed by atoms with van der Waals surface area (Å²) in [6.45, 7) is 3.47. The fourth-order valence-corrected chi connectivity index (χ4v) is 3.49. The van der Waals surface area contributed by atoms with Crippen LogP contribution in [0.25, 0.3) is 5.82 Å². The average molecular weight is 438 g/mol. The third kappa shape index (κ3) is 4.08. The van der Waals surface area contributed by atoms with Crippen LogP contribution in [0.4, 0.5) is 17.2 Å². The highest BCUT2D eigenvalue weighted by Crippen LogP contribution is 2.24. The maximum Gasteiger partial charge on any atom is 0.277 e. The number of hydrogen-bond donors (Lipinski definition) is 0. The van der Waals surface area contributed by atoms with Crippen LogP contribution in [0.5, 0.6) is 0 Å². The summed E-state index contributed by atoms with van der Waals surface area (Å²) >= 11 is 0. The van der Waals surface area contributed by atoms with E-state index >= 15 is 0 Å². The molecular weight excluding hydrogens is 420 g/mol. The second-order valence-electron chi connectivity index (χ2n) is 7.13. The number of rotatable bonds is 5. The van der Waals surface area contributed by atoms with Crippen molar-refractivity contribution in [1.29, 1.82) is 0 Å². The van der Waals surface area contributed by atoms with Gasteiger partial charge in [0.25, 0.3) is 17.3 Å². The first-order valence-electron chi connectivity index (χ1n) is 9.65. The number of amides is 1. The monoisotopic (exact) mass is 438 g/mol. The van der Waals surface area contributed by atoms with Crippen molar-refractivity contribution in [2.75, 3.05) is 31.1 Å². The lowest BCUT2D eigenvalue weighted by Crippen LogP contribution is -2.49. The molecule has 0 bridgehead atoms. The molecule has 1 amide bonds. The van der Waals surface area contributed by atoms with E-state index < -0.39 is 27.1 Å². The fraction of sp³-hybridized carbons (Fsp3) is 0.263. The van der Waals surface area contributed by atoms with Crippen LogP contribution >= 0.6 is 0 Å². The van der Waals surface area contributed by atoms with Gasteiger partial charge >= 0.3 is 0 Å². The summed E-state index contributed by atoms with van der Waals surface area (Å²) in [6, 6.07) is 6.62. The molecular formula is C19H18N8O5. The number of aromatic nitrogens is 4. The number of imidazole rings is 1. The molecule has 3 heterocycles. The maximum absolute atomic E-state index is 12.8. The first-order valence-corrected chi connectivity index (χ1v) is 9.65. The first-order chi connectivity index (χ1) is 15.3. The Hall–Kier alpha value is -4.42. The highest BCUT2D eigenvalue weighted by Gasteiger charge is 2.26. The van der Waals surface area contributed by atoms with Crippen LogP contribution in [0.1, 0.15) is 16.2 Å². The Balaban J connectivity index is 1.45. The summed E-state index contributed by atoms with van der Waals surface area (Å²) < 4.78 is 1.81. The van der Waals surface area contributed by atoms with Crippen molar-refractivity contribution >= 4 is 23.1 Å². The number of anilines is 1. The Kier molecular flexibility index (Phi) is 5.45. The van der Waals surface area contributed by atoms with E-state index in [1.807, 2.05) is 28.5 Å². The third-order valence-corrected chi connectivity index (χ3v) is 5.17. The molecule has 1 saturated heterocycles. The van der Waals surface area contributed by atoms with Crippen LogP contribution in [-0.2, 0) is 0 Å². The van der Waals surface area contributed by atoms with E-state index in [-0.39, 0.29) is 5.56 Å². The number of nitro benzene ring substituents is 2. The quantitative estimate of drug-likeness (QED) is 0.428. The van der Waals surface area contributed by atoms with Crippen molar-refractivity contribution < 1.29 is 14.6 Å². The van der Waals surface area contributed by atoms with Gasteiger partial charge < -0.3 is 9.80 Å². The van der Waals surface area contributed by atoms with Crippen molar-refractivity contribution in [3.05, 3.63) is 74.3 Å². The molecule has 0 aliphatic carbocycles. The maximum atomic E-state index is 12.8. The number of aryl methyl sites for hydroxylation is 1. The Bertz CT molecular complexity index is 1150. The molecule has 0 N–H and O–H groups in total. The lowest BCUT2D eigenvalue weighted by atomic mass is 10.1. The fourth-order valence-electron chi connectivity index (χ4n) is 3.49. The predicted octanol–water partition coefficient (Wildman–Crippen LogP) is 1.75. The molecule has 164 valence electrons. The Morgan fingerprint density at radius 3 is 2.03 bits per heavy atom. The van der Waals surface area contributed by atoms with Crippen molar-refractivity contribution in [3.63, 3.8) is 0 Å². The summed E-state index contributed by atoms with van der Waals surface area (Å²) in [5.41, 5.74) is -1.08.